The number of amides is 1. The summed E-state index contributed by atoms with van der Waals surface area (Å²) in [5.41, 5.74) is 6.55. The summed E-state index contributed by atoms with van der Waals surface area (Å²) in [5, 5.41) is 0.233. The number of hydrogen-bond acceptors (Lipinski definition) is 3. The molecule has 2 N–H and O–H groups in total. The van der Waals surface area contributed by atoms with E-state index in [-0.39, 0.29) is 11.1 Å². The van der Waals surface area contributed by atoms with Gasteiger partial charge in [0, 0.05) is 12.6 Å². The van der Waals surface area contributed by atoms with Crippen LogP contribution in [0.5, 0.6) is 0 Å². The number of carbonyl (C=O) groups is 1. The van der Waals surface area contributed by atoms with E-state index in [0.29, 0.717) is 17.3 Å². The van der Waals surface area contributed by atoms with Crippen molar-refractivity contribution in [1.82, 2.24) is 9.88 Å². The lowest BCUT2D eigenvalue weighted by Crippen LogP contribution is -2.34. The van der Waals surface area contributed by atoms with E-state index in [2.05, 4.69) is 11.9 Å². The van der Waals surface area contributed by atoms with Crippen molar-refractivity contribution in [2.75, 3.05) is 12.3 Å². The highest BCUT2D eigenvalue weighted by molar-refractivity contribution is 6.32. The lowest BCUT2D eigenvalue weighted by atomic mass is 10.2. The Bertz CT molecular complexity index is 446. The van der Waals surface area contributed by atoms with Crippen LogP contribution in [0.25, 0.3) is 0 Å². The fourth-order valence-electron chi connectivity index (χ4n) is 1.93. The zero-order chi connectivity index (χ0) is 13.1. The molecule has 0 aromatic carbocycles. The van der Waals surface area contributed by atoms with Gasteiger partial charge in [-0.15, -0.1) is 0 Å². The van der Waals surface area contributed by atoms with Crippen molar-refractivity contribution < 1.29 is 4.79 Å². The van der Waals surface area contributed by atoms with Gasteiger partial charge in [0.2, 0.25) is 0 Å². The Balaban J connectivity index is 2.19. The van der Waals surface area contributed by atoms with Gasteiger partial charge >= 0.3 is 0 Å². The average Bonchev–Trinajstić information content (AvgIpc) is 3.17. The second-order valence-electron chi connectivity index (χ2n) is 4.69. The van der Waals surface area contributed by atoms with Crippen molar-refractivity contribution in [3.8, 4) is 0 Å². The molecular formula is C13H18ClN3O. The minimum atomic E-state index is -0.0456. The maximum absolute atomic E-state index is 12.5. The van der Waals surface area contributed by atoms with Gasteiger partial charge in [-0.05, 0) is 25.3 Å². The third-order valence-corrected chi connectivity index (χ3v) is 3.39. The third-order valence-electron chi connectivity index (χ3n) is 3.09. The number of nitrogens with two attached hydrogens (primary N) is 1. The fraction of sp³-hybridized carbons (Fsp3) is 0.538. The summed E-state index contributed by atoms with van der Waals surface area (Å²) in [5.74, 6) is -0.0456. The van der Waals surface area contributed by atoms with E-state index in [9.17, 15) is 4.79 Å². The van der Waals surface area contributed by atoms with Gasteiger partial charge in [-0.3, -0.25) is 4.79 Å². The van der Waals surface area contributed by atoms with Gasteiger partial charge < -0.3 is 10.6 Å². The van der Waals surface area contributed by atoms with E-state index in [1.165, 1.54) is 6.20 Å². The fourth-order valence-corrected chi connectivity index (χ4v) is 2.12. The number of unbranched alkanes of at least 4 members (excludes halogenated alkanes) is 1. The average molecular weight is 268 g/mol. The van der Waals surface area contributed by atoms with Crippen LogP contribution in [0.4, 0.5) is 5.69 Å². The van der Waals surface area contributed by atoms with Gasteiger partial charge in [0.1, 0.15) is 5.15 Å². The Kier molecular flexibility index (Phi) is 4.07. The number of nitrogens with zero attached hydrogens (tertiary/aromatic N) is 2. The Morgan fingerprint density at radius 3 is 2.94 bits per heavy atom. The largest absolute Gasteiger partial charge is 0.397 e. The van der Waals surface area contributed by atoms with E-state index >= 15 is 0 Å². The van der Waals surface area contributed by atoms with Crippen molar-refractivity contribution in [2.24, 2.45) is 0 Å². The Morgan fingerprint density at radius 2 is 2.33 bits per heavy atom. The second-order valence-corrected chi connectivity index (χ2v) is 5.05. The molecule has 0 unspecified atom stereocenters. The lowest BCUT2D eigenvalue weighted by molar-refractivity contribution is 0.0740. The smallest absolute Gasteiger partial charge is 0.257 e. The molecule has 2 rings (SSSR count). The Hall–Kier alpha value is -1.29. The first-order valence-electron chi connectivity index (χ1n) is 6.35. The van der Waals surface area contributed by atoms with E-state index < -0.39 is 0 Å². The van der Waals surface area contributed by atoms with Crippen LogP contribution >= 0.6 is 11.6 Å². The molecule has 1 aliphatic rings. The molecule has 0 bridgehead atoms. The van der Waals surface area contributed by atoms with Gasteiger partial charge in [-0.1, -0.05) is 24.9 Å². The zero-order valence-corrected chi connectivity index (χ0v) is 11.3. The van der Waals surface area contributed by atoms with Crippen molar-refractivity contribution in [2.45, 2.75) is 38.6 Å². The SMILES string of the molecule is CCCCN(C(=O)c1cc(N)cnc1Cl)C1CC1. The molecule has 1 aliphatic carbocycles. The Morgan fingerprint density at radius 1 is 1.61 bits per heavy atom. The van der Waals surface area contributed by atoms with Crippen LogP contribution in [0.1, 0.15) is 43.0 Å². The highest BCUT2D eigenvalue weighted by atomic mass is 35.5. The predicted molar refractivity (Wildman–Crippen MR) is 72.6 cm³/mol. The van der Waals surface area contributed by atoms with E-state index in [1.54, 1.807) is 6.07 Å². The first-order chi connectivity index (χ1) is 8.63. The summed E-state index contributed by atoms with van der Waals surface area (Å²) in [6, 6.07) is 1.99. The summed E-state index contributed by atoms with van der Waals surface area (Å²) >= 11 is 5.98. The third kappa shape index (κ3) is 2.93. The molecule has 5 heteroatoms. The van der Waals surface area contributed by atoms with Crippen LogP contribution in [0.3, 0.4) is 0 Å². The molecule has 0 aliphatic heterocycles. The van der Waals surface area contributed by atoms with Crippen LogP contribution in [-0.2, 0) is 0 Å². The highest BCUT2D eigenvalue weighted by Crippen LogP contribution is 2.30. The minimum absolute atomic E-state index is 0.0456. The van der Waals surface area contributed by atoms with E-state index in [1.807, 2.05) is 4.90 Å². The maximum Gasteiger partial charge on any atom is 0.257 e. The molecule has 0 radical (unpaired) electrons. The molecule has 1 amide bonds. The molecule has 18 heavy (non-hydrogen) atoms. The van der Waals surface area contributed by atoms with Crippen molar-refractivity contribution in [1.29, 1.82) is 0 Å². The van der Waals surface area contributed by atoms with Crippen LogP contribution < -0.4 is 5.73 Å². The molecule has 98 valence electrons. The summed E-state index contributed by atoms with van der Waals surface area (Å²) in [6.07, 6.45) is 5.72. The van der Waals surface area contributed by atoms with Crippen molar-refractivity contribution >= 4 is 23.2 Å². The lowest BCUT2D eigenvalue weighted by Gasteiger charge is -2.22. The zero-order valence-electron chi connectivity index (χ0n) is 10.5. The molecule has 1 heterocycles. The maximum atomic E-state index is 12.5. The molecule has 1 saturated carbocycles. The number of hydrogen-bond donors (Lipinski definition) is 1. The quantitative estimate of drug-likeness (QED) is 0.835. The molecule has 1 aromatic rings. The van der Waals surface area contributed by atoms with Crippen molar-refractivity contribution in [3.05, 3.63) is 23.0 Å². The van der Waals surface area contributed by atoms with Crippen LogP contribution in [0.2, 0.25) is 5.15 Å². The van der Waals surface area contributed by atoms with Gasteiger partial charge in [0.05, 0.1) is 17.4 Å². The number of carbonyl (C=O) groups excluding carboxylic acids is 1. The number of rotatable bonds is 5. The summed E-state index contributed by atoms with van der Waals surface area (Å²) < 4.78 is 0. The first kappa shape index (κ1) is 13.1. The van der Waals surface area contributed by atoms with Crippen LogP contribution in [-0.4, -0.2) is 28.4 Å². The number of halogens is 1. The molecule has 1 aromatic heterocycles. The summed E-state index contributed by atoms with van der Waals surface area (Å²) in [6.45, 7) is 2.90. The summed E-state index contributed by atoms with van der Waals surface area (Å²) in [7, 11) is 0. The standard InChI is InChI=1S/C13H18ClN3O/c1-2-3-6-17(10-4-5-10)13(18)11-7-9(15)8-16-12(11)14/h7-8,10H,2-6,15H2,1H3. The second kappa shape index (κ2) is 5.57. The number of nitrogen functional groups attached to an aromatic ring is 1. The van der Waals surface area contributed by atoms with E-state index in [0.717, 1.165) is 32.2 Å². The Labute approximate surface area is 112 Å². The molecule has 0 atom stereocenters. The molecular weight excluding hydrogens is 250 g/mol. The van der Waals surface area contributed by atoms with Gasteiger partial charge in [-0.2, -0.15) is 0 Å². The number of anilines is 1. The van der Waals surface area contributed by atoms with Gasteiger partial charge in [-0.25, -0.2) is 4.98 Å². The normalized spacial score (nSPS) is 14.6. The first-order valence-corrected chi connectivity index (χ1v) is 6.73. The van der Waals surface area contributed by atoms with Crippen LogP contribution in [0, 0.1) is 0 Å². The molecule has 1 fully saturated rings. The number of pyridine rings is 1. The monoisotopic (exact) mass is 267 g/mol. The molecule has 0 saturated heterocycles. The van der Waals surface area contributed by atoms with Crippen LogP contribution in [0.15, 0.2) is 12.3 Å². The molecule has 0 spiro atoms. The predicted octanol–water partition coefficient (Wildman–Crippen LogP) is 2.72. The summed E-state index contributed by atoms with van der Waals surface area (Å²) in [4.78, 5) is 18.3. The van der Waals surface area contributed by atoms with Crippen molar-refractivity contribution in [3.63, 3.8) is 0 Å². The number of aromatic nitrogens is 1. The minimum Gasteiger partial charge on any atom is -0.397 e. The van der Waals surface area contributed by atoms with E-state index in [4.69, 9.17) is 17.3 Å². The molecule has 4 nitrogen and oxygen atoms in total. The van der Waals surface area contributed by atoms with Gasteiger partial charge in [0.25, 0.3) is 5.91 Å². The highest BCUT2D eigenvalue weighted by Gasteiger charge is 2.33. The topological polar surface area (TPSA) is 59.2 Å². The van der Waals surface area contributed by atoms with Gasteiger partial charge in [0.15, 0.2) is 0 Å².